The van der Waals surface area contributed by atoms with Gasteiger partial charge in [0, 0.05) is 7.05 Å². The van der Waals surface area contributed by atoms with E-state index >= 15 is 0 Å². The van der Waals surface area contributed by atoms with Crippen molar-refractivity contribution in [2.45, 2.75) is 19.9 Å². The lowest BCUT2D eigenvalue weighted by atomic mass is 10.1. The fraction of sp³-hybridized carbons (Fsp3) is 0.429. The number of methoxy groups -OCH3 is 1. The minimum atomic E-state index is -0.962. The molecule has 0 aliphatic heterocycles. The van der Waals surface area contributed by atoms with Gasteiger partial charge >= 0.3 is 5.97 Å². The molecule has 0 fully saturated rings. The second-order valence-corrected chi connectivity index (χ2v) is 4.05. The van der Waals surface area contributed by atoms with E-state index in [0.29, 0.717) is 11.4 Å². The molecule has 1 unspecified atom stereocenters. The van der Waals surface area contributed by atoms with Gasteiger partial charge in [-0.3, -0.25) is 4.79 Å². The number of hydrogen-bond donors (Lipinski definition) is 0. The lowest BCUT2D eigenvalue weighted by Gasteiger charge is -2.27. The summed E-state index contributed by atoms with van der Waals surface area (Å²) in [5.41, 5.74) is 0.665. The van der Waals surface area contributed by atoms with Crippen LogP contribution in [0.1, 0.15) is 13.8 Å². The maximum atomic E-state index is 11.9. The molecule has 19 heavy (non-hydrogen) atoms. The molecular formula is C14H19NO4. The zero-order chi connectivity index (χ0) is 14.4. The summed E-state index contributed by atoms with van der Waals surface area (Å²) in [5, 5.41) is 0. The minimum absolute atomic E-state index is 0.238. The van der Waals surface area contributed by atoms with Crippen molar-refractivity contribution in [3.8, 4) is 5.75 Å². The van der Waals surface area contributed by atoms with E-state index in [-0.39, 0.29) is 12.4 Å². The molecule has 0 aliphatic carbocycles. The first-order valence-electron chi connectivity index (χ1n) is 6.05. The van der Waals surface area contributed by atoms with Gasteiger partial charge in [-0.2, -0.15) is 0 Å². The van der Waals surface area contributed by atoms with E-state index in [4.69, 9.17) is 9.47 Å². The normalized spacial score (nSPS) is 11.6. The van der Waals surface area contributed by atoms with Crippen LogP contribution in [0.3, 0.4) is 0 Å². The molecule has 1 aromatic rings. The number of Topliss-reactive ketones (excluding diaryl/α,β-unsaturated/α-hetero) is 1. The predicted octanol–water partition coefficient (Wildman–Crippen LogP) is 1.65. The molecular weight excluding hydrogens is 246 g/mol. The fourth-order valence-electron chi connectivity index (χ4n) is 1.88. The average Bonchev–Trinajstić information content (AvgIpc) is 2.38. The Morgan fingerprint density at radius 2 is 1.95 bits per heavy atom. The number of hydrogen-bond acceptors (Lipinski definition) is 5. The molecule has 0 aliphatic rings. The molecule has 1 rings (SSSR count). The average molecular weight is 265 g/mol. The first kappa shape index (κ1) is 15.0. The monoisotopic (exact) mass is 265 g/mol. The number of ketones is 1. The van der Waals surface area contributed by atoms with Crippen molar-refractivity contribution >= 4 is 17.4 Å². The third-order valence-corrected chi connectivity index (χ3v) is 2.75. The van der Waals surface area contributed by atoms with Crippen LogP contribution in [0.15, 0.2) is 24.3 Å². The van der Waals surface area contributed by atoms with Gasteiger partial charge in [-0.05, 0) is 26.0 Å². The lowest BCUT2D eigenvalue weighted by molar-refractivity contribution is -0.147. The number of ether oxygens (including phenoxy) is 2. The topological polar surface area (TPSA) is 55.8 Å². The van der Waals surface area contributed by atoms with Crippen LogP contribution in [0, 0.1) is 0 Å². The molecule has 0 spiro atoms. The highest BCUT2D eigenvalue weighted by molar-refractivity contribution is 6.05. The predicted molar refractivity (Wildman–Crippen MR) is 72.5 cm³/mol. The second-order valence-electron chi connectivity index (χ2n) is 4.05. The van der Waals surface area contributed by atoms with Gasteiger partial charge in [0.2, 0.25) is 0 Å². The standard InChI is InChI=1S/C14H19NO4/c1-5-19-14(17)13(10(2)16)15(3)11-8-6-7-9-12(11)18-4/h6-9,13H,5H2,1-4H3. The van der Waals surface area contributed by atoms with E-state index in [1.54, 1.807) is 38.1 Å². The number of nitrogens with zero attached hydrogens (tertiary/aromatic N) is 1. The van der Waals surface area contributed by atoms with Crippen molar-refractivity contribution in [3.63, 3.8) is 0 Å². The van der Waals surface area contributed by atoms with Crippen molar-refractivity contribution in [2.75, 3.05) is 25.7 Å². The number of likely N-dealkylation sites (N-methyl/N-ethyl adjacent to an activating group) is 1. The Hall–Kier alpha value is -2.04. The van der Waals surface area contributed by atoms with E-state index in [1.807, 2.05) is 12.1 Å². The van der Waals surface area contributed by atoms with Crippen molar-refractivity contribution in [1.82, 2.24) is 0 Å². The summed E-state index contributed by atoms with van der Waals surface area (Å²) in [6, 6.07) is 6.23. The van der Waals surface area contributed by atoms with Gasteiger partial charge in [-0.25, -0.2) is 4.79 Å². The van der Waals surface area contributed by atoms with Crippen molar-refractivity contribution in [3.05, 3.63) is 24.3 Å². The Balaban J connectivity index is 3.09. The molecule has 1 atom stereocenters. The molecule has 5 nitrogen and oxygen atoms in total. The molecule has 0 heterocycles. The number of benzene rings is 1. The summed E-state index contributed by atoms with van der Waals surface area (Å²) in [6.45, 7) is 3.31. The molecule has 0 amide bonds. The van der Waals surface area contributed by atoms with E-state index in [9.17, 15) is 9.59 Å². The maximum Gasteiger partial charge on any atom is 0.336 e. The van der Waals surface area contributed by atoms with Crippen LogP contribution >= 0.6 is 0 Å². The Morgan fingerprint density at radius 3 is 2.47 bits per heavy atom. The highest BCUT2D eigenvalue weighted by atomic mass is 16.5. The van der Waals surface area contributed by atoms with Gasteiger partial charge in [0.05, 0.1) is 19.4 Å². The second kappa shape index (κ2) is 6.78. The van der Waals surface area contributed by atoms with Gasteiger partial charge in [-0.1, -0.05) is 12.1 Å². The van der Waals surface area contributed by atoms with E-state index in [0.717, 1.165) is 0 Å². The molecule has 0 N–H and O–H groups in total. The quantitative estimate of drug-likeness (QED) is 0.578. The largest absolute Gasteiger partial charge is 0.495 e. The third-order valence-electron chi connectivity index (χ3n) is 2.75. The van der Waals surface area contributed by atoms with Crippen LogP contribution in [0.2, 0.25) is 0 Å². The fourth-order valence-corrected chi connectivity index (χ4v) is 1.88. The molecule has 0 bridgehead atoms. The molecule has 104 valence electrons. The first-order valence-corrected chi connectivity index (χ1v) is 6.05. The Labute approximate surface area is 113 Å². The molecule has 0 radical (unpaired) electrons. The van der Waals surface area contributed by atoms with Crippen LogP contribution in [0.4, 0.5) is 5.69 Å². The zero-order valence-corrected chi connectivity index (χ0v) is 11.7. The highest BCUT2D eigenvalue weighted by Gasteiger charge is 2.30. The maximum absolute atomic E-state index is 11.9. The van der Waals surface area contributed by atoms with Crippen molar-refractivity contribution in [1.29, 1.82) is 0 Å². The van der Waals surface area contributed by atoms with Gasteiger partial charge in [-0.15, -0.1) is 0 Å². The number of carbonyl (C=O) groups excluding carboxylic acids is 2. The molecule has 5 heteroatoms. The number of anilines is 1. The van der Waals surface area contributed by atoms with Crippen LogP contribution in [0.25, 0.3) is 0 Å². The Morgan fingerprint density at radius 1 is 1.32 bits per heavy atom. The van der Waals surface area contributed by atoms with Crippen LogP contribution in [-0.4, -0.2) is 38.6 Å². The molecule has 0 saturated heterocycles. The molecule has 0 aromatic heterocycles. The summed E-state index contributed by atoms with van der Waals surface area (Å²) in [6.07, 6.45) is 0. The summed E-state index contributed by atoms with van der Waals surface area (Å²) in [7, 11) is 3.21. The summed E-state index contributed by atoms with van der Waals surface area (Å²) in [5.74, 6) is -0.226. The van der Waals surface area contributed by atoms with Gasteiger partial charge < -0.3 is 14.4 Å². The minimum Gasteiger partial charge on any atom is -0.495 e. The summed E-state index contributed by atoms with van der Waals surface area (Å²) >= 11 is 0. The lowest BCUT2D eigenvalue weighted by Crippen LogP contribution is -2.45. The van der Waals surface area contributed by atoms with Crippen LogP contribution < -0.4 is 9.64 Å². The Kier molecular flexibility index (Phi) is 5.36. The van der Waals surface area contributed by atoms with E-state index in [1.165, 1.54) is 6.92 Å². The number of esters is 1. The van der Waals surface area contributed by atoms with E-state index < -0.39 is 12.0 Å². The summed E-state index contributed by atoms with van der Waals surface area (Å²) < 4.78 is 10.2. The van der Waals surface area contributed by atoms with E-state index in [2.05, 4.69) is 0 Å². The number of carbonyl (C=O) groups is 2. The van der Waals surface area contributed by atoms with Gasteiger partial charge in [0.1, 0.15) is 5.75 Å². The molecule has 0 saturated carbocycles. The van der Waals surface area contributed by atoms with Gasteiger partial charge in [0.25, 0.3) is 0 Å². The van der Waals surface area contributed by atoms with Crippen LogP contribution in [-0.2, 0) is 14.3 Å². The smallest absolute Gasteiger partial charge is 0.336 e. The highest BCUT2D eigenvalue weighted by Crippen LogP contribution is 2.28. The zero-order valence-electron chi connectivity index (χ0n) is 11.7. The first-order chi connectivity index (χ1) is 9.02. The van der Waals surface area contributed by atoms with Gasteiger partial charge in [0.15, 0.2) is 11.8 Å². The van der Waals surface area contributed by atoms with Crippen LogP contribution in [0.5, 0.6) is 5.75 Å². The SMILES string of the molecule is CCOC(=O)C(C(C)=O)N(C)c1ccccc1OC. The summed E-state index contributed by atoms with van der Waals surface area (Å²) in [4.78, 5) is 25.1. The Bertz CT molecular complexity index is 459. The third kappa shape index (κ3) is 3.47. The number of para-hydroxylation sites is 2. The number of rotatable bonds is 6. The van der Waals surface area contributed by atoms with Crippen molar-refractivity contribution in [2.24, 2.45) is 0 Å². The van der Waals surface area contributed by atoms with Crippen molar-refractivity contribution < 1.29 is 19.1 Å². The molecule has 1 aromatic carbocycles.